The van der Waals surface area contributed by atoms with Gasteiger partial charge < -0.3 is 0 Å². The van der Waals surface area contributed by atoms with E-state index < -0.39 is 0 Å². The van der Waals surface area contributed by atoms with E-state index in [4.69, 9.17) is 6.42 Å². The maximum atomic E-state index is 5.65. The molecule has 0 unspecified atom stereocenters. The lowest BCUT2D eigenvalue weighted by molar-refractivity contribution is 1.77. The highest BCUT2D eigenvalue weighted by molar-refractivity contribution is 6.35. The summed E-state index contributed by atoms with van der Waals surface area (Å²) in [5.74, 6) is 2.82. The van der Waals surface area contributed by atoms with E-state index in [1.807, 2.05) is 0 Å². The van der Waals surface area contributed by atoms with Crippen LogP contribution in [0.1, 0.15) is 5.56 Å². The molecule has 0 heterocycles. The van der Waals surface area contributed by atoms with Crippen LogP contribution in [0.3, 0.4) is 0 Å². The number of rotatable bonds is 0. The zero-order chi connectivity index (χ0) is 17.0. The smallest absolute Gasteiger partial charge is 0.0401 e. The van der Waals surface area contributed by atoms with Crippen molar-refractivity contribution in [3.05, 3.63) is 78.4 Å². The Morgan fingerprint density at radius 3 is 1.44 bits per heavy atom. The minimum absolute atomic E-state index is 0.970. The van der Waals surface area contributed by atoms with Crippen molar-refractivity contribution in [1.29, 1.82) is 0 Å². The standard InChI is InChI=1S/C24H16Si/c1-2-15-7-18-10-21-11-19-8-16-5-3-4-6-17(16)9-20(19)12-22(21)13-23(18)14-24(15)25/h1,3-14H,25H3. The second-order valence-electron chi connectivity index (χ2n) is 6.76. The van der Waals surface area contributed by atoms with Crippen LogP contribution in [0.15, 0.2) is 72.8 Å². The molecule has 1 heteroatoms. The van der Waals surface area contributed by atoms with Crippen LogP contribution in [0.2, 0.25) is 0 Å². The molecule has 5 aromatic carbocycles. The summed E-state index contributed by atoms with van der Waals surface area (Å²) >= 11 is 0. The molecule has 5 rings (SSSR count). The van der Waals surface area contributed by atoms with Gasteiger partial charge >= 0.3 is 0 Å². The Kier molecular flexibility index (Phi) is 2.97. The third-order valence-corrected chi connectivity index (χ3v) is 5.94. The van der Waals surface area contributed by atoms with E-state index in [0.717, 1.165) is 15.8 Å². The normalized spacial score (nSPS) is 11.5. The van der Waals surface area contributed by atoms with Crippen LogP contribution < -0.4 is 5.19 Å². The second kappa shape index (κ2) is 5.21. The van der Waals surface area contributed by atoms with Gasteiger partial charge in [-0.3, -0.25) is 0 Å². The van der Waals surface area contributed by atoms with E-state index in [1.54, 1.807) is 0 Å². The van der Waals surface area contributed by atoms with Crippen molar-refractivity contribution in [1.82, 2.24) is 0 Å². The summed E-state index contributed by atoms with van der Waals surface area (Å²) in [6.45, 7) is 0. The van der Waals surface area contributed by atoms with E-state index in [1.165, 1.54) is 48.3 Å². The molecule has 0 saturated heterocycles. The fraction of sp³-hybridized carbons (Fsp3) is 0. The quantitative estimate of drug-likeness (QED) is 0.226. The molecule has 0 amide bonds. The second-order valence-corrected chi connectivity index (χ2v) is 7.83. The predicted molar refractivity (Wildman–Crippen MR) is 114 cm³/mol. The molecule has 0 aliphatic rings. The van der Waals surface area contributed by atoms with Crippen molar-refractivity contribution in [3.8, 4) is 12.3 Å². The number of hydrogen-bond donors (Lipinski definition) is 0. The van der Waals surface area contributed by atoms with Gasteiger partial charge in [0.1, 0.15) is 0 Å². The Labute approximate surface area is 149 Å². The van der Waals surface area contributed by atoms with Crippen LogP contribution in [-0.4, -0.2) is 10.2 Å². The molecule has 0 atom stereocenters. The Morgan fingerprint density at radius 1 is 0.560 bits per heavy atom. The first-order valence-corrected chi connectivity index (χ1v) is 9.48. The molecule has 0 aliphatic heterocycles. The van der Waals surface area contributed by atoms with Gasteiger partial charge in [-0.05, 0) is 85.6 Å². The maximum absolute atomic E-state index is 5.65. The van der Waals surface area contributed by atoms with Gasteiger partial charge in [0.2, 0.25) is 0 Å². The fourth-order valence-corrected chi connectivity index (χ4v) is 4.36. The van der Waals surface area contributed by atoms with Gasteiger partial charge in [-0.25, -0.2) is 0 Å². The molecule has 0 aliphatic carbocycles. The summed E-state index contributed by atoms with van der Waals surface area (Å²) in [4.78, 5) is 0. The van der Waals surface area contributed by atoms with Crippen molar-refractivity contribution >= 4 is 58.5 Å². The molecule has 0 radical (unpaired) electrons. The van der Waals surface area contributed by atoms with Gasteiger partial charge in [-0.1, -0.05) is 41.4 Å². The molecular formula is C24H16Si. The Bertz CT molecular complexity index is 1350. The SMILES string of the molecule is C#Cc1cc2cc3cc4cc5ccccc5cc4cc3cc2cc1[SiH3]. The van der Waals surface area contributed by atoms with Gasteiger partial charge in [0, 0.05) is 15.8 Å². The molecule has 5 aromatic rings. The first-order chi connectivity index (χ1) is 12.2. The zero-order valence-corrected chi connectivity index (χ0v) is 16.0. The van der Waals surface area contributed by atoms with Gasteiger partial charge in [-0.2, -0.15) is 0 Å². The van der Waals surface area contributed by atoms with Crippen LogP contribution in [0, 0.1) is 12.3 Å². The monoisotopic (exact) mass is 332 g/mol. The average Bonchev–Trinajstić information content (AvgIpc) is 2.62. The predicted octanol–water partition coefficient (Wildman–Crippen LogP) is 4.27. The summed E-state index contributed by atoms with van der Waals surface area (Å²) < 4.78 is 0. The lowest BCUT2D eigenvalue weighted by atomic mass is 9.97. The largest absolute Gasteiger partial charge is 0.115 e. The zero-order valence-electron chi connectivity index (χ0n) is 14.0. The molecule has 0 aromatic heterocycles. The molecule has 0 saturated carbocycles. The molecule has 0 bridgehead atoms. The van der Waals surface area contributed by atoms with E-state index in [9.17, 15) is 0 Å². The Morgan fingerprint density at radius 2 is 0.960 bits per heavy atom. The molecule has 25 heavy (non-hydrogen) atoms. The highest BCUT2D eigenvalue weighted by atomic mass is 28.1. The summed E-state index contributed by atoms with van der Waals surface area (Å²) in [6.07, 6.45) is 5.65. The molecule has 0 spiro atoms. The van der Waals surface area contributed by atoms with Gasteiger partial charge in [0.05, 0.1) is 0 Å². The highest BCUT2D eigenvalue weighted by Crippen LogP contribution is 2.30. The topological polar surface area (TPSA) is 0 Å². The van der Waals surface area contributed by atoms with E-state index in [0.29, 0.717) is 0 Å². The highest BCUT2D eigenvalue weighted by Gasteiger charge is 2.05. The molecule has 0 nitrogen and oxygen atoms in total. The summed E-state index contributed by atoms with van der Waals surface area (Å²) in [5, 5.41) is 11.5. The van der Waals surface area contributed by atoms with Crippen LogP contribution in [0.4, 0.5) is 0 Å². The Balaban J connectivity index is 1.88. The molecule has 0 fully saturated rings. The van der Waals surface area contributed by atoms with Crippen LogP contribution in [0.5, 0.6) is 0 Å². The third kappa shape index (κ3) is 2.23. The first kappa shape index (κ1) is 14.3. The summed E-state index contributed by atoms with van der Waals surface area (Å²) in [5.41, 5.74) is 1.03. The van der Waals surface area contributed by atoms with Crippen molar-refractivity contribution in [2.24, 2.45) is 0 Å². The van der Waals surface area contributed by atoms with Gasteiger partial charge in [0.25, 0.3) is 0 Å². The van der Waals surface area contributed by atoms with Crippen LogP contribution in [0.25, 0.3) is 43.1 Å². The van der Waals surface area contributed by atoms with Crippen molar-refractivity contribution in [2.45, 2.75) is 0 Å². The van der Waals surface area contributed by atoms with Crippen LogP contribution in [-0.2, 0) is 0 Å². The minimum Gasteiger partial charge on any atom is -0.115 e. The van der Waals surface area contributed by atoms with E-state index in [2.05, 4.69) is 78.7 Å². The lowest BCUT2D eigenvalue weighted by Crippen LogP contribution is -2.06. The van der Waals surface area contributed by atoms with Crippen molar-refractivity contribution in [2.75, 3.05) is 0 Å². The van der Waals surface area contributed by atoms with Crippen LogP contribution >= 0.6 is 0 Å². The number of terminal acetylenes is 1. The third-order valence-electron chi connectivity index (χ3n) is 5.11. The number of benzene rings is 5. The summed E-state index contributed by atoms with van der Waals surface area (Å²) in [7, 11) is 0.970. The van der Waals surface area contributed by atoms with E-state index in [-0.39, 0.29) is 0 Å². The Hall–Kier alpha value is -3.08. The average molecular weight is 332 g/mol. The first-order valence-electron chi connectivity index (χ1n) is 8.48. The maximum Gasteiger partial charge on any atom is 0.0401 e. The molecule has 116 valence electrons. The van der Waals surface area contributed by atoms with Crippen molar-refractivity contribution < 1.29 is 0 Å². The summed E-state index contributed by atoms with van der Waals surface area (Å²) in [6, 6.07) is 26.7. The van der Waals surface area contributed by atoms with Gasteiger partial charge in [0.15, 0.2) is 0 Å². The van der Waals surface area contributed by atoms with E-state index >= 15 is 0 Å². The molecular weight excluding hydrogens is 316 g/mol. The van der Waals surface area contributed by atoms with Gasteiger partial charge in [-0.15, -0.1) is 6.42 Å². The fourth-order valence-electron chi connectivity index (χ4n) is 3.76. The van der Waals surface area contributed by atoms with Crippen molar-refractivity contribution in [3.63, 3.8) is 0 Å². The molecule has 0 N–H and O–H groups in total. The lowest BCUT2D eigenvalue weighted by Gasteiger charge is -2.08. The number of hydrogen-bond acceptors (Lipinski definition) is 0. The number of fused-ring (bicyclic) bond motifs is 4. The minimum atomic E-state index is 0.970.